The number of halogens is 1. The summed E-state index contributed by atoms with van der Waals surface area (Å²) in [4.78, 5) is 2.59. The summed E-state index contributed by atoms with van der Waals surface area (Å²) < 4.78 is 13.7. The van der Waals surface area contributed by atoms with Crippen molar-refractivity contribution < 1.29 is 9.47 Å². The van der Waals surface area contributed by atoms with Gasteiger partial charge in [-0.1, -0.05) is 86.9 Å². The minimum Gasteiger partial charge on any atom is -0.493 e. The molecule has 1 heterocycles. The van der Waals surface area contributed by atoms with Crippen molar-refractivity contribution in [1.29, 1.82) is 0 Å². The highest BCUT2D eigenvalue weighted by atomic mass is 79.9. The predicted molar refractivity (Wildman–Crippen MR) is 168 cm³/mol. The van der Waals surface area contributed by atoms with Gasteiger partial charge in [0, 0.05) is 39.4 Å². The number of nitrogens with zero attached hydrogens (tertiary/aromatic N) is 1. The van der Waals surface area contributed by atoms with Gasteiger partial charge in [0.1, 0.15) is 11.5 Å². The van der Waals surface area contributed by atoms with Gasteiger partial charge in [-0.2, -0.15) is 0 Å². The van der Waals surface area contributed by atoms with Crippen molar-refractivity contribution >= 4 is 27.3 Å². The Balaban J connectivity index is 1.35. The highest BCUT2D eigenvalue weighted by molar-refractivity contribution is 9.10. The van der Waals surface area contributed by atoms with E-state index < -0.39 is 0 Å². The lowest BCUT2D eigenvalue weighted by Gasteiger charge is -2.27. The average molecular weight is 591 g/mol. The maximum Gasteiger partial charge on any atom is 0.130 e. The average Bonchev–Trinajstić information content (AvgIpc) is 3.54. The molecule has 1 fully saturated rings. The van der Waals surface area contributed by atoms with Gasteiger partial charge in [0.15, 0.2) is 0 Å². The van der Waals surface area contributed by atoms with Crippen LogP contribution < -0.4 is 14.4 Å². The summed E-state index contributed by atoms with van der Waals surface area (Å²) in [6.45, 7) is 6.00. The maximum atomic E-state index is 6.37. The molecular weight excluding hydrogens is 546 g/mol. The molecule has 0 bridgehead atoms. The molecule has 0 saturated heterocycles. The quantitative estimate of drug-likeness (QED) is 0.174. The molecule has 0 N–H and O–H groups in total. The fraction of sp³-hybridized carbons (Fsp3) is 0.486. The molecule has 3 aromatic carbocycles. The third-order valence-electron chi connectivity index (χ3n) is 8.39. The second kappa shape index (κ2) is 13.7. The second-order valence-electron chi connectivity index (χ2n) is 11.2. The van der Waals surface area contributed by atoms with Crippen LogP contribution in [-0.2, 0) is 0 Å². The molecule has 1 aliphatic carbocycles. The molecule has 2 atom stereocenters. The Labute approximate surface area is 244 Å². The van der Waals surface area contributed by atoms with Crippen molar-refractivity contribution in [3.63, 3.8) is 0 Å². The molecule has 0 aromatic heterocycles. The molecule has 39 heavy (non-hydrogen) atoms. The molecule has 2 aliphatic rings. The smallest absolute Gasteiger partial charge is 0.130 e. The third kappa shape index (κ3) is 6.65. The largest absolute Gasteiger partial charge is 0.493 e. The van der Waals surface area contributed by atoms with Crippen LogP contribution in [0.1, 0.15) is 96.0 Å². The number of fused-ring (bicyclic) bond motifs is 3. The summed E-state index contributed by atoms with van der Waals surface area (Å²) in [7, 11) is 0. The summed E-state index contributed by atoms with van der Waals surface area (Å²) in [6, 6.07) is 22.9. The van der Waals surface area contributed by atoms with Crippen molar-refractivity contribution in [1.82, 2.24) is 0 Å². The van der Waals surface area contributed by atoms with E-state index in [1.807, 2.05) is 0 Å². The van der Waals surface area contributed by atoms with E-state index in [0.717, 1.165) is 43.1 Å². The van der Waals surface area contributed by atoms with Crippen molar-refractivity contribution in [2.24, 2.45) is 0 Å². The molecule has 0 spiro atoms. The van der Waals surface area contributed by atoms with Gasteiger partial charge in [0.2, 0.25) is 0 Å². The SMILES string of the molecule is CCCCCCOc1ccc(-c2ccc(N3c4ccc(Br)cc4C4CCCC43)cc2)c(OCCCCCC)c1. The van der Waals surface area contributed by atoms with Crippen LogP contribution in [0.25, 0.3) is 11.1 Å². The number of rotatable bonds is 14. The monoisotopic (exact) mass is 589 g/mol. The van der Waals surface area contributed by atoms with Gasteiger partial charge < -0.3 is 14.4 Å². The van der Waals surface area contributed by atoms with Gasteiger partial charge in [-0.3, -0.25) is 0 Å². The topological polar surface area (TPSA) is 21.7 Å². The Morgan fingerprint density at radius 3 is 2.26 bits per heavy atom. The van der Waals surface area contributed by atoms with Crippen LogP contribution >= 0.6 is 15.9 Å². The Morgan fingerprint density at radius 2 is 1.51 bits per heavy atom. The Bertz CT molecular complexity index is 1210. The van der Waals surface area contributed by atoms with Crippen LogP contribution in [0.15, 0.2) is 65.1 Å². The first-order valence-corrected chi connectivity index (χ1v) is 16.1. The normalized spacial score (nSPS) is 17.8. The Hall–Kier alpha value is -2.46. The van der Waals surface area contributed by atoms with Gasteiger partial charge in [-0.05, 0) is 79.3 Å². The zero-order chi connectivity index (χ0) is 27.0. The number of anilines is 2. The third-order valence-corrected chi connectivity index (χ3v) is 8.88. The van der Waals surface area contributed by atoms with Crippen molar-refractivity contribution in [2.45, 2.75) is 96.4 Å². The van der Waals surface area contributed by atoms with E-state index in [-0.39, 0.29) is 0 Å². The first kappa shape index (κ1) is 28.1. The fourth-order valence-electron chi connectivity index (χ4n) is 6.35. The molecule has 4 heteroatoms. The van der Waals surface area contributed by atoms with Crippen LogP contribution in [0.3, 0.4) is 0 Å². The maximum absolute atomic E-state index is 6.37. The molecule has 3 aromatic rings. The lowest BCUT2D eigenvalue weighted by Crippen LogP contribution is -2.26. The standard InChI is InChI=1S/C35H44BrNO2/c1-3-5-7-9-22-38-29-19-20-30(35(25-29)39-23-10-8-6-4-2)26-14-17-28(18-15-26)37-33-13-11-12-31(33)32-24-27(36)16-21-34(32)37/h14-21,24-25,31,33H,3-13,22-23H2,1-2H3. The van der Waals surface area contributed by atoms with Gasteiger partial charge in [0.05, 0.1) is 13.2 Å². The lowest BCUT2D eigenvalue weighted by atomic mass is 9.98. The molecule has 1 aliphatic heterocycles. The van der Waals surface area contributed by atoms with Crippen molar-refractivity contribution in [2.75, 3.05) is 18.1 Å². The van der Waals surface area contributed by atoms with E-state index in [9.17, 15) is 0 Å². The Kier molecular flexibility index (Phi) is 9.90. The Morgan fingerprint density at radius 1 is 0.769 bits per heavy atom. The summed E-state index contributed by atoms with van der Waals surface area (Å²) in [5, 5.41) is 0. The predicted octanol–water partition coefficient (Wildman–Crippen LogP) is 10.8. The number of hydrogen-bond donors (Lipinski definition) is 0. The molecule has 208 valence electrons. The fourth-order valence-corrected chi connectivity index (χ4v) is 6.72. The number of unbranched alkanes of at least 4 members (excludes halogenated alkanes) is 6. The summed E-state index contributed by atoms with van der Waals surface area (Å²) in [5.74, 6) is 2.47. The number of hydrogen-bond acceptors (Lipinski definition) is 3. The van der Waals surface area contributed by atoms with Crippen LogP contribution in [0.4, 0.5) is 11.4 Å². The van der Waals surface area contributed by atoms with Gasteiger partial charge >= 0.3 is 0 Å². The molecule has 1 saturated carbocycles. The first-order valence-electron chi connectivity index (χ1n) is 15.3. The number of ether oxygens (including phenoxy) is 2. The first-order chi connectivity index (χ1) is 19.2. The summed E-state index contributed by atoms with van der Waals surface area (Å²) in [5.41, 5.74) is 6.48. The highest BCUT2D eigenvalue weighted by Crippen LogP contribution is 2.53. The molecule has 5 rings (SSSR count). The summed E-state index contributed by atoms with van der Waals surface area (Å²) in [6.07, 6.45) is 13.5. The van der Waals surface area contributed by atoms with E-state index in [0.29, 0.717) is 12.0 Å². The molecular formula is C35H44BrNO2. The molecule has 2 unspecified atom stereocenters. The van der Waals surface area contributed by atoms with E-state index in [1.165, 1.54) is 84.8 Å². The summed E-state index contributed by atoms with van der Waals surface area (Å²) >= 11 is 3.70. The van der Waals surface area contributed by atoms with Crippen LogP contribution in [0, 0.1) is 0 Å². The molecule has 0 amide bonds. The van der Waals surface area contributed by atoms with Gasteiger partial charge in [0.25, 0.3) is 0 Å². The van der Waals surface area contributed by atoms with Gasteiger partial charge in [-0.15, -0.1) is 0 Å². The zero-order valence-electron chi connectivity index (χ0n) is 23.8. The van der Waals surface area contributed by atoms with E-state index in [4.69, 9.17) is 9.47 Å². The van der Waals surface area contributed by atoms with Crippen LogP contribution in [0.5, 0.6) is 11.5 Å². The highest BCUT2D eigenvalue weighted by Gasteiger charge is 2.42. The minimum atomic E-state index is 0.566. The van der Waals surface area contributed by atoms with Crippen molar-refractivity contribution in [3.05, 3.63) is 70.7 Å². The number of benzene rings is 3. The van der Waals surface area contributed by atoms with E-state index in [2.05, 4.69) is 95.3 Å². The van der Waals surface area contributed by atoms with E-state index in [1.54, 1.807) is 0 Å². The van der Waals surface area contributed by atoms with Gasteiger partial charge in [-0.25, -0.2) is 0 Å². The van der Waals surface area contributed by atoms with Crippen LogP contribution in [0.2, 0.25) is 0 Å². The van der Waals surface area contributed by atoms with Crippen molar-refractivity contribution in [3.8, 4) is 22.6 Å². The van der Waals surface area contributed by atoms with E-state index >= 15 is 0 Å². The molecule has 0 radical (unpaired) electrons. The lowest BCUT2D eigenvalue weighted by molar-refractivity contribution is 0.291. The van der Waals surface area contributed by atoms with Crippen LogP contribution in [-0.4, -0.2) is 19.3 Å². The zero-order valence-corrected chi connectivity index (χ0v) is 25.3. The minimum absolute atomic E-state index is 0.566. The second-order valence-corrected chi connectivity index (χ2v) is 12.1. The molecule has 3 nitrogen and oxygen atoms in total.